The molecule has 0 aliphatic heterocycles. The van der Waals surface area contributed by atoms with Gasteiger partial charge in [-0.3, -0.25) is 9.97 Å². The van der Waals surface area contributed by atoms with Crippen LogP contribution in [0.5, 0.6) is 0 Å². The van der Waals surface area contributed by atoms with E-state index in [1.807, 2.05) is 36.7 Å². The van der Waals surface area contributed by atoms with Crippen molar-refractivity contribution in [3.8, 4) is 56.2 Å². The van der Waals surface area contributed by atoms with E-state index in [9.17, 15) is 0 Å². The Hall–Kier alpha value is -5.41. The molecule has 0 saturated carbocycles. The third-order valence-corrected chi connectivity index (χ3v) is 7.58. The van der Waals surface area contributed by atoms with E-state index in [0.717, 1.165) is 74.6 Å². The fraction of sp³-hybridized carbons (Fsp3) is 0.0513. The maximum atomic E-state index is 5.08. The number of nitrogens with zero attached hydrogens (tertiary/aromatic N) is 3. The second kappa shape index (κ2) is 11.6. The van der Waals surface area contributed by atoms with Gasteiger partial charge < -0.3 is 0 Å². The second-order valence-electron chi connectivity index (χ2n) is 10.4. The summed E-state index contributed by atoms with van der Waals surface area (Å²) in [6.45, 7) is 0. The van der Waals surface area contributed by atoms with Crippen molar-refractivity contribution in [2.24, 2.45) is 0 Å². The lowest BCUT2D eigenvalue weighted by Gasteiger charge is -2.14. The van der Waals surface area contributed by atoms with Gasteiger partial charge in [-0.15, -0.1) is 0 Å². The van der Waals surface area contributed by atoms with Gasteiger partial charge in [0.2, 0.25) is 0 Å². The number of aromatic nitrogens is 3. The molecule has 0 bridgehead atoms. The van der Waals surface area contributed by atoms with Gasteiger partial charge in [0, 0.05) is 34.6 Å². The predicted octanol–water partition coefficient (Wildman–Crippen LogP) is 9.94. The van der Waals surface area contributed by atoms with E-state index < -0.39 is 0 Å². The van der Waals surface area contributed by atoms with Crippen molar-refractivity contribution in [3.05, 3.63) is 158 Å². The van der Waals surface area contributed by atoms with Crippen LogP contribution in [0.15, 0.2) is 152 Å². The van der Waals surface area contributed by atoms with Crippen molar-refractivity contribution < 1.29 is 0 Å². The molecule has 0 unspecified atom stereocenters. The average Bonchev–Trinajstić information content (AvgIpc) is 3.09. The summed E-state index contributed by atoms with van der Waals surface area (Å²) in [5, 5.41) is 0. The van der Waals surface area contributed by atoms with Gasteiger partial charge in [0.05, 0.1) is 22.8 Å². The number of pyridine rings is 3. The van der Waals surface area contributed by atoms with Crippen LogP contribution in [0.3, 0.4) is 0 Å². The summed E-state index contributed by atoms with van der Waals surface area (Å²) in [5.74, 6) is 0. The molecule has 0 atom stereocenters. The fourth-order valence-corrected chi connectivity index (χ4v) is 5.40. The number of hydrogen-bond acceptors (Lipinski definition) is 3. The molecule has 1 aliphatic carbocycles. The van der Waals surface area contributed by atoms with Crippen molar-refractivity contribution in [1.82, 2.24) is 15.0 Å². The van der Waals surface area contributed by atoms with Gasteiger partial charge in [0.1, 0.15) is 0 Å². The van der Waals surface area contributed by atoms with Crippen LogP contribution in [0, 0.1) is 0 Å². The maximum absolute atomic E-state index is 5.08. The molecule has 6 aromatic rings. The predicted molar refractivity (Wildman–Crippen MR) is 173 cm³/mol. The monoisotopic (exact) mass is 539 g/mol. The number of hydrogen-bond donors (Lipinski definition) is 0. The van der Waals surface area contributed by atoms with Gasteiger partial charge in [0.15, 0.2) is 0 Å². The van der Waals surface area contributed by atoms with Gasteiger partial charge in [-0.25, -0.2) is 4.98 Å². The zero-order valence-corrected chi connectivity index (χ0v) is 23.2. The summed E-state index contributed by atoms with van der Waals surface area (Å²) in [4.78, 5) is 14.7. The molecular weight excluding hydrogens is 510 g/mol. The molecule has 0 spiro atoms. The molecule has 3 nitrogen and oxygen atoms in total. The van der Waals surface area contributed by atoms with Crippen molar-refractivity contribution in [2.75, 3.05) is 0 Å². The standard InChI is InChI=1S/C39H29N3/c1-4-12-28(13-5-1)31-19-20-37(41-27-31)35-23-32(22-34(24-35)36-18-10-11-21-40-36)33-25-38(29-14-6-2-7-15-29)42-39(26-33)30-16-8-3-9-17-30/h2-4,6-27H,1,5H2. The lowest BCUT2D eigenvalue weighted by molar-refractivity contribution is 1.04. The Balaban J connectivity index is 1.39. The van der Waals surface area contributed by atoms with Crippen LogP contribution in [-0.4, -0.2) is 15.0 Å². The second-order valence-corrected chi connectivity index (χ2v) is 10.4. The SMILES string of the molecule is C1=CC(c2ccc(-c3cc(-c4cc(-c5ccccc5)nc(-c5ccccc5)c4)cc(-c4ccccn4)c3)nc2)=CCC1. The van der Waals surface area contributed by atoms with Crippen molar-refractivity contribution in [3.63, 3.8) is 0 Å². The largest absolute Gasteiger partial charge is 0.256 e. The first-order chi connectivity index (χ1) is 20.8. The van der Waals surface area contributed by atoms with Crippen molar-refractivity contribution in [1.29, 1.82) is 0 Å². The highest BCUT2D eigenvalue weighted by Gasteiger charge is 2.13. The Morgan fingerprint density at radius 1 is 0.429 bits per heavy atom. The lowest BCUT2D eigenvalue weighted by atomic mass is 9.94. The first kappa shape index (κ1) is 25.6. The van der Waals surface area contributed by atoms with E-state index in [2.05, 4.69) is 120 Å². The van der Waals surface area contributed by atoms with Crippen LogP contribution in [0.4, 0.5) is 0 Å². The molecule has 3 aromatic heterocycles. The number of allylic oxidation sites excluding steroid dienone is 4. The van der Waals surface area contributed by atoms with E-state index in [0.29, 0.717) is 0 Å². The summed E-state index contributed by atoms with van der Waals surface area (Å²) >= 11 is 0. The molecule has 3 aromatic carbocycles. The molecular formula is C39H29N3. The average molecular weight is 540 g/mol. The molecule has 3 heteroatoms. The summed E-state index contributed by atoms with van der Waals surface area (Å²) in [7, 11) is 0. The highest BCUT2D eigenvalue weighted by Crippen LogP contribution is 2.35. The van der Waals surface area contributed by atoms with Gasteiger partial charge in [0.25, 0.3) is 0 Å². The Bertz CT molecular complexity index is 1830. The minimum absolute atomic E-state index is 0.926. The number of rotatable bonds is 6. The smallest absolute Gasteiger partial charge is 0.0715 e. The molecule has 7 rings (SSSR count). The zero-order chi connectivity index (χ0) is 28.1. The van der Waals surface area contributed by atoms with Crippen LogP contribution in [-0.2, 0) is 0 Å². The summed E-state index contributed by atoms with van der Waals surface area (Å²) in [6.07, 6.45) is 12.7. The maximum Gasteiger partial charge on any atom is 0.0715 e. The van der Waals surface area contributed by atoms with Crippen LogP contribution in [0.25, 0.3) is 61.7 Å². The molecule has 42 heavy (non-hydrogen) atoms. The van der Waals surface area contributed by atoms with E-state index in [4.69, 9.17) is 9.97 Å². The van der Waals surface area contributed by atoms with Gasteiger partial charge >= 0.3 is 0 Å². The first-order valence-corrected chi connectivity index (χ1v) is 14.3. The molecule has 0 saturated heterocycles. The zero-order valence-electron chi connectivity index (χ0n) is 23.2. The van der Waals surface area contributed by atoms with E-state index in [1.165, 1.54) is 5.57 Å². The summed E-state index contributed by atoms with van der Waals surface area (Å²) < 4.78 is 0. The minimum atomic E-state index is 0.926. The van der Waals surface area contributed by atoms with Gasteiger partial charge in [-0.2, -0.15) is 0 Å². The Kier molecular flexibility index (Phi) is 7.06. The van der Waals surface area contributed by atoms with Crippen molar-refractivity contribution in [2.45, 2.75) is 12.8 Å². The molecule has 0 amide bonds. The summed E-state index contributed by atoms with van der Waals surface area (Å²) in [6, 6.07) is 42.1. The minimum Gasteiger partial charge on any atom is -0.256 e. The van der Waals surface area contributed by atoms with Crippen LogP contribution >= 0.6 is 0 Å². The Labute approximate surface area is 246 Å². The Morgan fingerprint density at radius 2 is 1.05 bits per heavy atom. The van der Waals surface area contributed by atoms with E-state index in [1.54, 1.807) is 0 Å². The molecule has 0 N–H and O–H groups in total. The molecule has 3 heterocycles. The van der Waals surface area contributed by atoms with Gasteiger partial charge in [-0.05, 0) is 83.6 Å². The quantitative estimate of drug-likeness (QED) is 0.211. The third kappa shape index (κ3) is 5.45. The third-order valence-electron chi connectivity index (χ3n) is 7.58. The lowest BCUT2D eigenvalue weighted by Crippen LogP contribution is -1.93. The first-order valence-electron chi connectivity index (χ1n) is 14.3. The van der Waals surface area contributed by atoms with E-state index >= 15 is 0 Å². The van der Waals surface area contributed by atoms with Crippen LogP contribution in [0.1, 0.15) is 18.4 Å². The molecule has 200 valence electrons. The van der Waals surface area contributed by atoms with Gasteiger partial charge in [-0.1, -0.05) is 91.0 Å². The highest BCUT2D eigenvalue weighted by molar-refractivity contribution is 5.83. The normalized spacial score (nSPS) is 12.6. The highest BCUT2D eigenvalue weighted by atomic mass is 14.7. The van der Waals surface area contributed by atoms with Crippen molar-refractivity contribution >= 4 is 5.57 Å². The topological polar surface area (TPSA) is 38.7 Å². The van der Waals surface area contributed by atoms with Crippen LogP contribution in [0.2, 0.25) is 0 Å². The van der Waals surface area contributed by atoms with Crippen LogP contribution < -0.4 is 0 Å². The summed E-state index contributed by atoms with van der Waals surface area (Å²) in [5.41, 5.74) is 12.6. The fourth-order valence-electron chi connectivity index (χ4n) is 5.40. The van der Waals surface area contributed by atoms with E-state index in [-0.39, 0.29) is 0 Å². The molecule has 1 aliphatic rings. The molecule has 0 radical (unpaired) electrons. The molecule has 0 fully saturated rings. The number of benzene rings is 3. The Morgan fingerprint density at radius 3 is 1.62 bits per heavy atom.